The number of H-pyrrole nitrogens is 1. The summed E-state index contributed by atoms with van der Waals surface area (Å²) >= 11 is 6.38. The first-order valence-corrected chi connectivity index (χ1v) is 11.6. The summed E-state index contributed by atoms with van der Waals surface area (Å²) in [5, 5.41) is 1.51. The highest BCUT2D eigenvalue weighted by Crippen LogP contribution is 2.47. The Balaban J connectivity index is 1.59. The van der Waals surface area contributed by atoms with E-state index in [0.29, 0.717) is 59.2 Å². The second kappa shape index (κ2) is 9.50. The summed E-state index contributed by atoms with van der Waals surface area (Å²) in [7, 11) is 0. The minimum absolute atomic E-state index is 0.190. The monoisotopic (exact) mass is 494 g/mol. The maximum atomic E-state index is 13.1. The van der Waals surface area contributed by atoms with Crippen molar-refractivity contribution in [3.05, 3.63) is 69.6 Å². The largest absolute Gasteiger partial charge is 0.573 e. The molecule has 1 fully saturated rings. The van der Waals surface area contributed by atoms with Gasteiger partial charge in [0.2, 0.25) is 0 Å². The van der Waals surface area contributed by atoms with E-state index in [9.17, 15) is 18.0 Å². The molecule has 0 amide bonds. The van der Waals surface area contributed by atoms with Gasteiger partial charge in [-0.1, -0.05) is 36.7 Å². The number of aromatic nitrogens is 1. The summed E-state index contributed by atoms with van der Waals surface area (Å²) in [6.07, 6.45) is -0.574. The van der Waals surface area contributed by atoms with Crippen molar-refractivity contribution in [2.75, 3.05) is 0 Å². The van der Waals surface area contributed by atoms with Gasteiger partial charge in [-0.2, -0.15) is 0 Å². The van der Waals surface area contributed by atoms with Gasteiger partial charge in [-0.25, -0.2) is 0 Å². The molecule has 9 heteroatoms. The highest BCUT2D eigenvalue weighted by Gasteiger charge is 2.44. The Labute approximate surface area is 200 Å². The van der Waals surface area contributed by atoms with Crippen LogP contribution < -0.4 is 20.8 Å². The number of benzene rings is 2. The number of para-hydroxylation sites is 1. The van der Waals surface area contributed by atoms with E-state index >= 15 is 0 Å². The van der Waals surface area contributed by atoms with Crippen LogP contribution in [0.25, 0.3) is 10.8 Å². The van der Waals surface area contributed by atoms with Crippen LogP contribution in [0, 0.1) is 0 Å². The Hall–Kier alpha value is -2.71. The van der Waals surface area contributed by atoms with Gasteiger partial charge in [0, 0.05) is 28.6 Å². The normalized spacial score (nSPS) is 21.9. The highest BCUT2D eigenvalue weighted by molar-refractivity contribution is 6.32. The predicted molar refractivity (Wildman–Crippen MR) is 126 cm³/mol. The number of nitrogens with two attached hydrogens (primary N) is 1. The van der Waals surface area contributed by atoms with Gasteiger partial charge in [0.25, 0.3) is 5.56 Å². The van der Waals surface area contributed by atoms with Crippen LogP contribution in [0.3, 0.4) is 0 Å². The van der Waals surface area contributed by atoms with E-state index in [-0.39, 0.29) is 23.5 Å². The van der Waals surface area contributed by atoms with Gasteiger partial charge in [-0.15, -0.1) is 13.2 Å². The molecular formula is C25H26ClF3N2O3. The number of alkyl halides is 3. The molecule has 2 aromatic carbocycles. The van der Waals surface area contributed by atoms with E-state index in [1.165, 1.54) is 12.1 Å². The van der Waals surface area contributed by atoms with Crippen molar-refractivity contribution in [1.29, 1.82) is 0 Å². The zero-order valence-corrected chi connectivity index (χ0v) is 19.4. The average molecular weight is 495 g/mol. The van der Waals surface area contributed by atoms with Crippen molar-refractivity contribution in [3.8, 4) is 11.5 Å². The standard InChI is InChI=1S/C25H26ClF3N2O3/c1-2-22(30)24(18-5-3-4-6-20(18)34-25(27,28)29)10-7-16(8-11-24)33-21-13-15-9-12-31-23(32)17(15)14-19(21)26/h3-6,9,12-14,16,22H,2,7-8,10-11,30H2,1H3,(H,31,32)/t16?,22-,24?/m0/s1. The number of aromatic amines is 1. The van der Waals surface area contributed by atoms with Gasteiger partial charge >= 0.3 is 6.36 Å². The van der Waals surface area contributed by atoms with Gasteiger partial charge in [0.1, 0.15) is 11.5 Å². The molecule has 4 rings (SSSR count). The second-order valence-electron chi connectivity index (χ2n) is 8.71. The fourth-order valence-electron chi connectivity index (χ4n) is 5.00. The molecule has 1 aromatic heterocycles. The lowest BCUT2D eigenvalue weighted by atomic mass is 9.63. The zero-order valence-electron chi connectivity index (χ0n) is 18.6. The molecule has 1 aliphatic rings. The number of fused-ring (bicyclic) bond motifs is 1. The first kappa shape index (κ1) is 24.4. The van der Waals surface area contributed by atoms with Crippen LogP contribution in [0.5, 0.6) is 11.5 Å². The molecule has 1 heterocycles. The van der Waals surface area contributed by atoms with Crippen LogP contribution >= 0.6 is 11.6 Å². The smallest absolute Gasteiger partial charge is 0.489 e. The number of nitrogens with one attached hydrogen (secondary N) is 1. The van der Waals surface area contributed by atoms with Crippen molar-refractivity contribution in [2.24, 2.45) is 5.73 Å². The molecule has 182 valence electrons. The minimum atomic E-state index is -4.79. The molecule has 1 saturated carbocycles. The van der Waals surface area contributed by atoms with Crippen LogP contribution in [0.2, 0.25) is 5.02 Å². The van der Waals surface area contributed by atoms with Crippen molar-refractivity contribution in [3.63, 3.8) is 0 Å². The Morgan fingerprint density at radius 2 is 1.88 bits per heavy atom. The lowest BCUT2D eigenvalue weighted by molar-refractivity contribution is -0.275. The summed E-state index contributed by atoms with van der Waals surface area (Å²) in [6, 6.07) is 11.0. The Kier molecular flexibility index (Phi) is 6.82. The molecule has 0 radical (unpaired) electrons. The summed E-state index contributed by atoms with van der Waals surface area (Å²) in [6.45, 7) is 1.93. The highest BCUT2D eigenvalue weighted by atomic mass is 35.5. The molecule has 0 unspecified atom stereocenters. The van der Waals surface area contributed by atoms with Crippen molar-refractivity contribution < 1.29 is 22.6 Å². The molecule has 0 aliphatic heterocycles. The van der Waals surface area contributed by atoms with Gasteiger partial charge in [0.05, 0.1) is 11.1 Å². The minimum Gasteiger partial charge on any atom is -0.489 e. The fourth-order valence-corrected chi connectivity index (χ4v) is 5.21. The number of halogens is 4. The number of pyridine rings is 1. The van der Waals surface area contributed by atoms with E-state index in [2.05, 4.69) is 9.72 Å². The maximum absolute atomic E-state index is 13.1. The lowest BCUT2D eigenvalue weighted by Crippen LogP contribution is -2.49. The second-order valence-corrected chi connectivity index (χ2v) is 9.12. The SMILES string of the molecule is CC[C@H](N)C1(c2ccccc2OC(F)(F)F)CCC(Oc2cc3cc[nH]c(=O)c3cc2Cl)CC1. The lowest BCUT2D eigenvalue weighted by Gasteiger charge is -2.45. The number of hydrogen-bond donors (Lipinski definition) is 2. The van der Waals surface area contributed by atoms with Crippen molar-refractivity contribution >= 4 is 22.4 Å². The molecule has 5 nitrogen and oxygen atoms in total. The molecule has 1 atom stereocenters. The predicted octanol–water partition coefficient (Wildman–Crippen LogP) is 6.08. The Morgan fingerprint density at radius 1 is 1.18 bits per heavy atom. The van der Waals surface area contributed by atoms with Gasteiger partial charge in [-0.3, -0.25) is 4.79 Å². The van der Waals surface area contributed by atoms with Gasteiger partial charge in [0.15, 0.2) is 0 Å². The maximum Gasteiger partial charge on any atom is 0.573 e. The summed E-state index contributed by atoms with van der Waals surface area (Å²) in [4.78, 5) is 14.6. The van der Waals surface area contributed by atoms with E-state index in [1.54, 1.807) is 36.5 Å². The summed E-state index contributed by atoms with van der Waals surface area (Å²) in [5.74, 6) is 0.263. The molecule has 34 heavy (non-hydrogen) atoms. The third-order valence-electron chi connectivity index (χ3n) is 6.74. The topological polar surface area (TPSA) is 77.3 Å². The van der Waals surface area contributed by atoms with Gasteiger partial charge < -0.3 is 20.2 Å². The Bertz CT molecular complexity index is 1220. The molecule has 1 aliphatic carbocycles. The molecule has 3 N–H and O–H groups in total. The zero-order chi connectivity index (χ0) is 24.5. The first-order valence-electron chi connectivity index (χ1n) is 11.2. The third kappa shape index (κ3) is 4.88. The van der Waals surface area contributed by atoms with Crippen LogP contribution in [-0.4, -0.2) is 23.5 Å². The van der Waals surface area contributed by atoms with Crippen LogP contribution in [0.4, 0.5) is 13.2 Å². The fraction of sp³-hybridized carbons (Fsp3) is 0.400. The van der Waals surface area contributed by atoms with Gasteiger partial charge in [-0.05, 0) is 61.8 Å². The summed E-state index contributed by atoms with van der Waals surface area (Å²) in [5.41, 5.74) is 6.09. The van der Waals surface area contributed by atoms with E-state index in [0.717, 1.165) is 0 Å². The van der Waals surface area contributed by atoms with Crippen LogP contribution in [-0.2, 0) is 5.41 Å². The first-order chi connectivity index (χ1) is 16.1. The Morgan fingerprint density at radius 3 is 2.56 bits per heavy atom. The van der Waals surface area contributed by atoms with Crippen molar-refractivity contribution in [2.45, 2.75) is 63.0 Å². The van der Waals surface area contributed by atoms with E-state index in [4.69, 9.17) is 22.1 Å². The quantitative estimate of drug-likeness (QED) is 0.435. The van der Waals surface area contributed by atoms with E-state index < -0.39 is 11.8 Å². The number of ether oxygens (including phenoxy) is 2. The number of hydrogen-bond acceptors (Lipinski definition) is 4. The molecule has 0 bridgehead atoms. The molecule has 0 spiro atoms. The average Bonchev–Trinajstić information content (AvgIpc) is 2.80. The van der Waals surface area contributed by atoms with E-state index in [1.807, 2.05) is 6.92 Å². The molecule has 3 aromatic rings. The van der Waals surface area contributed by atoms with Crippen molar-refractivity contribution in [1.82, 2.24) is 4.98 Å². The van der Waals surface area contributed by atoms with Crippen LogP contribution in [0.1, 0.15) is 44.6 Å². The summed E-state index contributed by atoms with van der Waals surface area (Å²) < 4.78 is 49.8. The molecular weight excluding hydrogens is 469 g/mol. The molecule has 0 saturated heterocycles. The third-order valence-corrected chi connectivity index (χ3v) is 7.04. The number of rotatable bonds is 6. The van der Waals surface area contributed by atoms with Crippen LogP contribution in [0.15, 0.2) is 53.5 Å².